The average molecular weight is 308 g/mol. The van der Waals surface area contributed by atoms with E-state index in [4.69, 9.17) is 5.73 Å². The first-order chi connectivity index (χ1) is 8.69. The van der Waals surface area contributed by atoms with Crippen molar-refractivity contribution in [1.82, 2.24) is 9.78 Å². The molecule has 0 bridgehead atoms. The molecule has 1 heterocycles. The molecule has 18 heavy (non-hydrogen) atoms. The summed E-state index contributed by atoms with van der Waals surface area (Å²) in [6, 6.07) is 8.36. The van der Waals surface area contributed by atoms with Gasteiger partial charge in [-0.25, -0.2) is 4.68 Å². The van der Waals surface area contributed by atoms with Crippen LogP contribution in [-0.2, 0) is 19.4 Å². The molecule has 0 atom stereocenters. The minimum absolute atomic E-state index is 0.542. The molecule has 0 unspecified atom stereocenters. The molecule has 0 aliphatic rings. The van der Waals surface area contributed by atoms with Crippen molar-refractivity contribution in [3.8, 4) is 5.69 Å². The summed E-state index contributed by atoms with van der Waals surface area (Å²) in [6.45, 7) is 4.82. The normalized spacial score (nSPS) is 10.9. The fourth-order valence-electron chi connectivity index (χ4n) is 1.96. The zero-order valence-corrected chi connectivity index (χ0v) is 12.4. The number of aromatic nitrogens is 2. The molecule has 0 radical (unpaired) electrons. The Balaban J connectivity index is 2.47. The smallest absolute Gasteiger partial charge is 0.0660 e. The van der Waals surface area contributed by atoms with Crippen LogP contribution < -0.4 is 5.73 Å². The van der Waals surface area contributed by atoms with Gasteiger partial charge in [-0.1, -0.05) is 35.8 Å². The number of nitrogens with two attached hydrogens (primary N) is 1. The topological polar surface area (TPSA) is 43.8 Å². The third-order valence-electron chi connectivity index (χ3n) is 3.06. The maximum absolute atomic E-state index is 5.67. The SMILES string of the molecule is CCc1cc(CC)n(-c2ccc(CN)c(Br)c2)n1. The number of rotatable bonds is 4. The second kappa shape index (κ2) is 5.67. The van der Waals surface area contributed by atoms with E-state index in [9.17, 15) is 0 Å². The summed E-state index contributed by atoms with van der Waals surface area (Å²) in [4.78, 5) is 0. The van der Waals surface area contributed by atoms with Gasteiger partial charge in [0.25, 0.3) is 0 Å². The standard InChI is InChI=1S/C14H18BrN3/c1-3-11-7-12(4-2)18(17-11)13-6-5-10(9-16)14(15)8-13/h5-8H,3-4,9,16H2,1-2H3. The van der Waals surface area contributed by atoms with Crippen molar-refractivity contribution in [3.05, 3.63) is 45.7 Å². The van der Waals surface area contributed by atoms with E-state index in [1.165, 1.54) is 5.69 Å². The lowest BCUT2D eigenvalue weighted by atomic mass is 10.2. The molecule has 1 aromatic heterocycles. The van der Waals surface area contributed by atoms with Gasteiger partial charge >= 0.3 is 0 Å². The molecular weight excluding hydrogens is 290 g/mol. The van der Waals surface area contributed by atoms with Crippen LogP contribution in [0.15, 0.2) is 28.7 Å². The molecule has 3 nitrogen and oxygen atoms in total. The fourth-order valence-corrected chi connectivity index (χ4v) is 2.49. The minimum atomic E-state index is 0.542. The average Bonchev–Trinajstić information content (AvgIpc) is 2.82. The molecule has 0 aliphatic carbocycles. The summed E-state index contributed by atoms with van der Waals surface area (Å²) in [5.74, 6) is 0. The van der Waals surface area contributed by atoms with Gasteiger partial charge in [-0.05, 0) is 36.6 Å². The molecule has 0 saturated heterocycles. The quantitative estimate of drug-likeness (QED) is 0.942. The molecule has 4 heteroatoms. The van der Waals surface area contributed by atoms with E-state index in [0.717, 1.165) is 34.3 Å². The van der Waals surface area contributed by atoms with Gasteiger partial charge in [0, 0.05) is 16.7 Å². The lowest BCUT2D eigenvalue weighted by Gasteiger charge is -2.08. The molecule has 2 rings (SSSR count). The van der Waals surface area contributed by atoms with Crippen molar-refractivity contribution in [1.29, 1.82) is 0 Å². The molecule has 0 saturated carbocycles. The van der Waals surface area contributed by atoms with Crippen LogP contribution in [-0.4, -0.2) is 9.78 Å². The Hall–Kier alpha value is -1.13. The van der Waals surface area contributed by atoms with E-state index in [1.54, 1.807) is 0 Å². The largest absolute Gasteiger partial charge is 0.326 e. The Morgan fingerprint density at radius 1 is 1.22 bits per heavy atom. The van der Waals surface area contributed by atoms with Crippen LogP contribution in [0.5, 0.6) is 0 Å². The zero-order valence-electron chi connectivity index (χ0n) is 10.8. The molecule has 0 spiro atoms. The van der Waals surface area contributed by atoms with Crippen molar-refractivity contribution in [2.75, 3.05) is 0 Å². The Kier molecular flexibility index (Phi) is 4.19. The molecule has 2 N–H and O–H groups in total. The number of hydrogen-bond acceptors (Lipinski definition) is 2. The van der Waals surface area contributed by atoms with E-state index < -0.39 is 0 Å². The predicted molar refractivity (Wildman–Crippen MR) is 77.9 cm³/mol. The number of halogens is 1. The van der Waals surface area contributed by atoms with Crippen LogP contribution >= 0.6 is 15.9 Å². The molecule has 0 fully saturated rings. The molecular formula is C14H18BrN3. The van der Waals surface area contributed by atoms with Gasteiger partial charge in [-0.3, -0.25) is 0 Å². The van der Waals surface area contributed by atoms with Crippen molar-refractivity contribution in [2.24, 2.45) is 5.73 Å². The third-order valence-corrected chi connectivity index (χ3v) is 3.80. The Morgan fingerprint density at radius 3 is 2.56 bits per heavy atom. The van der Waals surface area contributed by atoms with Gasteiger partial charge in [0.2, 0.25) is 0 Å². The van der Waals surface area contributed by atoms with Gasteiger partial charge in [-0.15, -0.1) is 0 Å². The van der Waals surface area contributed by atoms with Crippen LogP contribution in [0.1, 0.15) is 30.8 Å². The molecule has 1 aromatic carbocycles. The molecule has 0 amide bonds. The first-order valence-corrected chi connectivity index (χ1v) is 7.05. The van der Waals surface area contributed by atoms with E-state index >= 15 is 0 Å². The second-order valence-electron chi connectivity index (χ2n) is 4.23. The lowest BCUT2D eigenvalue weighted by Crippen LogP contribution is -2.03. The summed E-state index contributed by atoms with van der Waals surface area (Å²) in [6.07, 6.45) is 1.94. The minimum Gasteiger partial charge on any atom is -0.326 e. The number of hydrogen-bond donors (Lipinski definition) is 1. The maximum Gasteiger partial charge on any atom is 0.0660 e. The van der Waals surface area contributed by atoms with E-state index in [2.05, 4.69) is 53.1 Å². The van der Waals surface area contributed by atoms with Gasteiger partial charge < -0.3 is 5.73 Å². The highest BCUT2D eigenvalue weighted by Crippen LogP contribution is 2.22. The van der Waals surface area contributed by atoms with Crippen LogP contribution in [0.4, 0.5) is 0 Å². The maximum atomic E-state index is 5.67. The predicted octanol–water partition coefficient (Wildman–Crippen LogP) is 3.22. The summed E-state index contributed by atoms with van der Waals surface area (Å²) >= 11 is 3.55. The summed E-state index contributed by atoms with van der Waals surface area (Å²) < 4.78 is 3.06. The second-order valence-corrected chi connectivity index (χ2v) is 5.08. The summed E-state index contributed by atoms with van der Waals surface area (Å²) in [7, 11) is 0. The van der Waals surface area contributed by atoms with Crippen molar-refractivity contribution in [3.63, 3.8) is 0 Å². The highest BCUT2D eigenvalue weighted by atomic mass is 79.9. The number of aryl methyl sites for hydroxylation is 2. The third kappa shape index (κ3) is 2.49. The van der Waals surface area contributed by atoms with Gasteiger partial charge in [0.05, 0.1) is 11.4 Å². The molecule has 2 aromatic rings. The summed E-state index contributed by atoms with van der Waals surface area (Å²) in [5, 5.41) is 4.63. The summed E-state index contributed by atoms with van der Waals surface area (Å²) in [5.41, 5.74) is 10.2. The Morgan fingerprint density at radius 2 is 2.00 bits per heavy atom. The van der Waals surface area contributed by atoms with E-state index in [0.29, 0.717) is 6.54 Å². The molecule has 96 valence electrons. The Bertz CT molecular complexity index is 546. The first kappa shape index (κ1) is 13.3. The Labute approximate surface area is 116 Å². The van der Waals surface area contributed by atoms with Gasteiger partial charge in [0.1, 0.15) is 0 Å². The van der Waals surface area contributed by atoms with Crippen molar-refractivity contribution < 1.29 is 0 Å². The number of benzene rings is 1. The highest BCUT2D eigenvalue weighted by molar-refractivity contribution is 9.10. The van der Waals surface area contributed by atoms with Crippen LogP contribution in [0.25, 0.3) is 5.69 Å². The van der Waals surface area contributed by atoms with Crippen molar-refractivity contribution in [2.45, 2.75) is 33.2 Å². The fraction of sp³-hybridized carbons (Fsp3) is 0.357. The lowest BCUT2D eigenvalue weighted by molar-refractivity contribution is 0.793. The van der Waals surface area contributed by atoms with Gasteiger partial charge in [-0.2, -0.15) is 5.10 Å². The zero-order chi connectivity index (χ0) is 13.1. The van der Waals surface area contributed by atoms with E-state index in [1.807, 2.05) is 10.7 Å². The van der Waals surface area contributed by atoms with E-state index in [-0.39, 0.29) is 0 Å². The van der Waals surface area contributed by atoms with Gasteiger partial charge in [0.15, 0.2) is 0 Å². The first-order valence-electron chi connectivity index (χ1n) is 6.26. The highest BCUT2D eigenvalue weighted by Gasteiger charge is 2.08. The monoisotopic (exact) mass is 307 g/mol. The van der Waals surface area contributed by atoms with Crippen LogP contribution in [0.2, 0.25) is 0 Å². The number of nitrogens with zero attached hydrogens (tertiary/aromatic N) is 2. The van der Waals surface area contributed by atoms with Crippen LogP contribution in [0.3, 0.4) is 0 Å². The van der Waals surface area contributed by atoms with Crippen molar-refractivity contribution >= 4 is 15.9 Å². The molecule has 0 aliphatic heterocycles. The van der Waals surface area contributed by atoms with Crippen LogP contribution in [0, 0.1) is 0 Å².